The number of aliphatic carboxylic acids is 1. The van der Waals surface area contributed by atoms with Crippen molar-refractivity contribution < 1.29 is 98.7 Å². The molecule has 1 aliphatic carbocycles. The monoisotopic (exact) mass is 870 g/mol. The molecule has 0 radical (unpaired) electrons. The Hall–Kier alpha value is -3.21. The van der Waals surface area contributed by atoms with Crippen LogP contribution in [0.5, 0.6) is 0 Å². The topological polar surface area (TPSA) is 382 Å². The number of carboxylic acids is 1. The quantitative estimate of drug-likeness (QED) is 0.0450. The lowest BCUT2D eigenvalue weighted by molar-refractivity contribution is -0.320. The predicted octanol–water partition coefficient (Wildman–Crippen LogP) is -6.58. The van der Waals surface area contributed by atoms with Gasteiger partial charge in [-0.1, -0.05) is 0 Å². The number of aliphatic hydroxyl groups is 9. The Balaban J connectivity index is 1.70. The molecule has 0 aromatic carbocycles. The van der Waals surface area contributed by atoms with Crippen molar-refractivity contribution in [2.24, 2.45) is 5.92 Å². The van der Waals surface area contributed by atoms with Gasteiger partial charge < -0.3 is 96.0 Å². The van der Waals surface area contributed by atoms with Crippen LogP contribution in [-0.2, 0) is 47.7 Å². The van der Waals surface area contributed by atoms with Gasteiger partial charge in [0.25, 0.3) is 5.79 Å². The van der Waals surface area contributed by atoms with Gasteiger partial charge in [-0.05, 0) is 25.7 Å². The lowest BCUT2D eigenvalue weighted by Crippen LogP contribution is -2.68. The second kappa shape index (κ2) is 23.9. The first kappa shape index (κ1) is 51.1. The van der Waals surface area contributed by atoms with Crippen molar-refractivity contribution in [1.29, 1.82) is 0 Å². The van der Waals surface area contributed by atoms with Gasteiger partial charge in [0.15, 0.2) is 6.29 Å². The Bertz CT molecular complexity index is 1420. The molecule has 3 rings (SSSR count). The number of aliphatic hydroxyl groups excluding tert-OH is 9. The van der Waals surface area contributed by atoms with Gasteiger partial charge >= 0.3 is 5.97 Å². The number of hydrogen-bond acceptors (Lipinski definition) is 19. The van der Waals surface area contributed by atoms with Gasteiger partial charge in [-0.3, -0.25) is 19.2 Å². The lowest BCUT2D eigenvalue weighted by atomic mass is 9.80. The molecule has 2 aliphatic heterocycles. The molecule has 2 heterocycles. The molecule has 14 N–H and O–H groups in total. The van der Waals surface area contributed by atoms with Crippen molar-refractivity contribution in [3.63, 3.8) is 0 Å². The van der Waals surface area contributed by atoms with Gasteiger partial charge in [-0.2, -0.15) is 0 Å². The van der Waals surface area contributed by atoms with Gasteiger partial charge in [0.05, 0.1) is 50.8 Å². The van der Waals surface area contributed by atoms with E-state index < -0.39 is 148 Å². The number of amides is 4. The number of rotatable bonds is 22. The molecule has 0 spiro atoms. The highest BCUT2D eigenvalue weighted by molar-refractivity contribution is 5.77. The molecule has 16 atom stereocenters. The molecule has 24 nitrogen and oxygen atoms in total. The average Bonchev–Trinajstić information content (AvgIpc) is 3.20. The lowest BCUT2D eigenvalue weighted by Gasteiger charge is -2.48. The number of carbonyl (C=O) groups is 5. The number of nitrogens with one attached hydrogen (secondary N) is 4. The molecular formula is C36H62N4O20. The van der Waals surface area contributed by atoms with E-state index in [1.807, 2.05) is 0 Å². The summed E-state index contributed by atoms with van der Waals surface area (Å²) in [5.74, 6) is -7.55. The van der Waals surface area contributed by atoms with Crippen LogP contribution in [-0.4, -0.2) is 212 Å². The highest BCUT2D eigenvalue weighted by Crippen LogP contribution is 2.37. The van der Waals surface area contributed by atoms with Gasteiger partial charge in [0.2, 0.25) is 23.6 Å². The Morgan fingerprint density at radius 2 is 1.48 bits per heavy atom. The van der Waals surface area contributed by atoms with Crippen LogP contribution in [0.3, 0.4) is 0 Å². The molecule has 0 aromatic heterocycles. The van der Waals surface area contributed by atoms with Gasteiger partial charge in [-0.15, -0.1) is 0 Å². The van der Waals surface area contributed by atoms with E-state index in [0.29, 0.717) is 19.3 Å². The van der Waals surface area contributed by atoms with Crippen molar-refractivity contribution in [3.8, 4) is 0 Å². The maximum absolute atomic E-state index is 12.6. The second-order valence-corrected chi connectivity index (χ2v) is 15.2. The minimum atomic E-state index is -2.79. The summed E-state index contributed by atoms with van der Waals surface area (Å²) in [6.45, 7) is -0.154. The van der Waals surface area contributed by atoms with Crippen LogP contribution in [0.4, 0.5) is 0 Å². The first-order valence-corrected chi connectivity index (χ1v) is 19.8. The summed E-state index contributed by atoms with van der Waals surface area (Å²) in [4.78, 5) is 60.1. The molecule has 1 saturated carbocycles. The second-order valence-electron chi connectivity index (χ2n) is 15.2. The van der Waals surface area contributed by atoms with Gasteiger partial charge in [-0.25, -0.2) is 4.79 Å². The summed E-state index contributed by atoms with van der Waals surface area (Å²) in [5.41, 5.74) is 0. The average molecular weight is 871 g/mol. The smallest absolute Gasteiger partial charge is 0.364 e. The third-order valence-electron chi connectivity index (χ3n) is 10.6. The molecule has 60 heavy (non-hydrogen) atoms. The van der Waals surface area contributed by atoms with Crippen LogP contribution in [0.25, 0.3) is 0 Å². The third-order valence-corrected chi connectivity index (χ3v) is 10.6. The Kier molecular flexibility index (Phi) is 20.3. The molecular weight excluding hydrogens is 808 g/mol. The van der Waals surface area contributed by atoms with E-state index in [1.54, 1.807) is 0 Å². The molecule has 346 valence electrons. The predicted molar refractivity (Wildman–Crippen MR) is 199 cm³/mol. The van der Waals surface area contributed by atoms with E-state index in [1.165, 1.54) is 7.05 Å². The standard InChI is InChI=1S/C36H62N4O20/c1-16(43)39-25-19(45)12-36(35(54)55,60-33(25)28(50)20(46)13-41)57-15-18-11-21(29(51)31(53)27(18)49)58-32-22(14-42)59-34(26(30(32)52)40-17(2)44)56-10-6-9-38-24(48)8-5-4-7-23(47)37-3/h18-22,25-34,41-42,45-46,49-53H,4-15H2,1-3H3,(H,37,47)(H,38,48)(H,39,43)(H,40,44)(H,54,55)/t18?,19-,20?,21-,22?,25-,26+,27+,28?,29-,30?,31?,32-,33?,34-,36-/m1/s1. The molecule has 0 bridgehead atoms. The highest BCUT2D eigenvalue weighted by atomic mass is 16.7. The van der Waals surface area contributed by atoms with Gasteiger partial charge in [0.1, 0.15) is 54.9 Å². The zero-order valence-electron chi connectivity index (χ0n) is 33.7. The fraction of sp³-hybridized carbons (Fsp3) is 0.861. The van der Waals surface area contributed by atoms with Gasteiger partial charge in [0, 0.05) is 52.6 Å². The number of unbranched alkanes of at least 4 members (excludes halogenated alkanes) is 1. The van der Waals surface area contributed by atoms with Crippen LogP contribution >= 0.6 is 0 Å². The van der Waals surface area contributed by atoms with Crippen molar-refractivity contribution in [2.45, 2.75) is 150 Å². The Morgan fingerprint density at radius 3 is 2.07 bits per heavy atom. The van der Waals surface area contributed by atoms with E-state index in [-0.39, 0.29) is 37.8 Å². The molecule has 24 heteroatoms. The minimum Gasteiger partial charge on any atom is -0.477 e. The van der Waals surface area contributed by atoms with Crippen molar-refractivity contribution in [2.75, 3.05) is 40.0 Å². The Morgan fingerprint density at radius 1 is 0.850 bits per heavy atom. The number of carbonyl (C=O) groups excluding carboxylic acids is 4. The summed E-state index contributed by atoms with van der Waals surface area (Å²) in [5, 5.41) is 116. The maximum atomic E-state index is 12.6. The maximum Gasteiger partial charge on any atom is 0.364 e. The molecule has 7 unspecified atom stereocenters. The van der Waals surface area contributed by atoms with Crippen LogP contribution in [0.1, 0.15) is 58.8 Å². The van der Waals surface area contributed by atoms with Crippen LogP contribution in [0, 0.1) is 5.92 Å². The van der Waals surface area contributed by atoms with E-state index in [0.717, 1.165) is 13.8 Å². The van der Waals surface area contributed by atoms with E-state index in [4.69, 9.17) is 23.7 Å². The highest BCUT2D eigenvalue weighted by Gasteiger charge is 2.57. The van der Waals surface area contributed by atoms with E-state index in [9.17, 15) is 75.0 Å². The normalized spacial score (nSPS) is 35.4. The van der Waals surface area contributed by atoms with Crippen molar-refractivity contribution in [3.05, 3.63) is 0 Å². The number of carboxylic acid groups (broad SMARTS) is 1. The molecule has 3 aliphatic rings. The third kappa shape index (κ3) is 13.6. The van der Waals surface area contributed by atoms with Crippen molar-refractivity contribution >= 4 is 29.6 Å². The molecule has 0 aromatic rings. The largest absolute Gasteiger partial charge is 0.477 e. The minimum absolute atomic E-state index is 0.0324. The molecule has 2 saturated heterocycles. The molecule has 3 fully saturated rings. The van der Waals surface area contributed by atoms with Crippen LogP contribution in [0.15, 0.2) is 0 Å². The fourth-order valence-electron chi connectivity index (χ4n) is 7.35. The number of hydrogen-bond donors (Lipinski definition) is 14. The Labute approximate surface area is 345 Å². The zero-order chi connectivity index (χ0) is 44.9. The van der Waals surface area contributed by atoms with Crippen LogP contribution < -0.4 is 21.3 Å². The number of ether oxygens (including phenoxy) is 5. The summed E-state index contributed by atoms with van der Waals surface area (Å²) in [6, 6.07) is -2.78. The summed E-state index contributed by atoms with van der Waals surface area (Å²) < 4.78 is 28.9. The fourth-order valence-corrected chi connectivity index (χ4v) is 7.35. The zero-order valence-corrected chi connectivity index (χ0v) is 33.7. The van der Waals surface area contributed by atoms with Crippen LogP contribution in [0.2, 0.25) is 0 Å². The summed E-state index contributed by atoms with van der Waals surface area (Å²) in [6.07, 6.45) is -19.9. The first-order valence-electron chi connectivity index (χ1n) is 19.8. The van der Waals surface area contributed by atoms with Crippen molar-refractivity contribution in [1.82, 2.24) is 21.3 Å². The van der Waals surface area contributed by atoms with E-state index in [2.05, 4.69) is 21.3 Å². The SMILES string of the molecule is CNC(=O)CCCCC(=O)NCCCO[C@@H]1OC(CO)[C@@H](O[C@@H]2CC(CO[C@]3(C(=O)O)C[C@@H](O)[C@@H](NC(C)=O)C(C(O)C(O)CO)O3)[C@H](O)C(O)[C@@H]2O)C(O)[C@@H]1NC(C)=O. The summed E-state index contributed by atoms with van der Waals surface area (Å²) >= 11 is 0. The first-order chi connectivity index (χ1) is 28.3. The summed E-state index contributed by atoms with van der Waals surface area (Å²) in [7, 11) is 1.53. The van der Waals surface area contributed by atoms with E-state index >= 15 is 0 Å². The molecule has 4 amide bonds.